The molecule has 0 amide bonds. The fourth-order valence-corrected chi connectivity index (χ4v) is 4.73. The minimum atomic E-state index is -3.78. The highest BCUT2D eigenvalue weighted by Crippen LogP contribution is 2.30. The first-order chi connectivity index (χ1) is 10.3. The zero-order valence-electron chi connectivity index (χ0n) is 12.7. The van der Waals surface area contributed by atoms with Crippen molar-refractivity contribution in [3.05, 3.63) is 33.9 Å². The van der Waals surface area contributed by atoms with E-state index < -0.39 is 14.9 Å². The summed E-state index contributed by atoms with van der Waals surface area (Å²) in [6, 6.07) is 3.76. The average Bonchev–Trinajstić information content (AvgIpc) is 2.46. The highest BCUT2D eigenvalue weighted by Gasteiger charge is 2.37. The number of sulfonamides is 1. The van der Waals surface area contributed by atoms with E-state index in [9.17, 15) is 18.5 Å². The molecule has 8 heteroatoms. The molecule has 0 spiro atoms. The summed E-state index contributed by atoms with van der Waals surface area (Å²) in [7, 11) is -3.78. The number of hydrogen-bond donors (Lipinski definition) is 1. The molecular weight excluding hydrogens is 306 g/mol. The molecule has 2 atom stereocenters. The molecule has 2 unspecified atom stereocenters. The van der Waals surface area contributed by atoms with Gasteiger partial charge in [0.15, 0.2) is 0 Å². The van der Waals surface area contributed by atoms with Crippen molar-refractivity contribution in [1.29, 1.82) is 0 Å². The van der Waals surface area contributed by atoms with Crippen molar-refractivity contribution in [2.75, 3.05) is 13.1 Å². The largest absolute Gasteiger partial charge is 0.329 e. The van der Waals surface area contributed by atoms with E-state index in [0.717, 1.165) is 18.9 Å². The molecule has 0 bridgehead atoms. The van der Waals surface area contributed by atoms with Crippen molar-refractivity contribution >= 4 is 15.7 Å². The van der Waals surface area contributed by atoms with Crippen LogP contribution in [-0.2, 0) is 10.0 Å². The Kier molecular flexibility index (Phi) is 4.84. The number of hydrogen-bond acceptors (Lipinski definition) is 5. The number of benzene rings is 1. The van der Waals surface area contributed by atoms with Gasteiger partial charge in [-0.3, -0.25) is 10.1 Å². The van der Waals surface area contributed by atoms with Crippen molar-refractivity contribution in [2.45, 2.75) is 37.6 Å². The summed E-state index contributed by atoms with van der Waals surface area (Å²) in [5.41, 5.74) is 6.00. The number of nitrogens with zero attached hydrogens (tertiary/aromatic N) is 2. The Labute approximate surface area is 130 Å². The highest BCUT2D eigenvalue weighted by molar-refractivity contribution is 7.89. The van der Waals surface area contributed by atoms with Crippen LogP contribution < -0.4 is 5.73 Å². The minimum absolute atomic E-state index is 0.0441. The zero-order valence-corrected chi connectivity index (χ0v) is 13.5. The van der Waals surface area contributed by atoms with Gasteiger partial charge >= 0.3 is 0 Å². The highest BCUT2D eigenvalue weighted by atomic mass is 32.2. The molecule has 1 aliphatic heterocycles. The molecule has 22 heavy (non-hydrogen) atoms. The van der Waals surface area contributed by atoms with Crippen molar-refractivity contribution in [3.8, 4) is 0 Å². The molecule has 1 heterocycles. The van der Waals surface area contributed by atoms with Gasteiger partial charge < -0.3 is 5.73 Å². The second-order valence-corrected chi connectivity index (χ2v) is 7.63. The SMILES string of the molecule is Cc1ccc(S(=O)(=O)N2CCCC(C)C2CN)cc1[N+](=O)[O-]. The smallest absolute Gasteiger partial charge is 0.273 e. The standard InChI is InChI=1S/C14H21N3O4S/c1-10-4-3-7-16(14(10)9-15)22(20,21)12-6-5-11(2)13(8-12)17(18)19/h5-6,8,10,14H,3-4,7,9,15H2,1-2H3. The van der Waals surface area contributed by atoms with E-state index in [1.807, 2.05) is 6.92 Å². The van der Waals surface area contributed by atoms with E-state index in [4.69, 9.17) is 5.73 Å². The number of nitrogens with two attached hydrogens (primary N) is 1. The third-order valence-corrected chi connectivity index (χ3v) is 6.21. The van der Waals surface area contributed by atoms with Gasteiger partial charge in [0.25, 0.3) is 5.69 Å². The third-order valence-electron chi connectivity index (χ3n) is 4.29. The molecule has 2 N–H and O–H groups in total. The van der Waals surface area contributed by atoms with Crippen LogP contribution in [0.4, 0.5) is 5.69 Å². The normalized spacial score (nSPS) is 23.4. The molecule has 1 aliphatic rings. The van der Waals surface area contributed by atoms with Crippen LogP contribution in [0.25, 0.3) is 0 Å². The Morgan fingerprint density at radius 3 is 2.73 bits per heavy atom. The summed E-state index contributed by atoms with van der Waals surface area (Å²) in [6.07, 6.45) is 1.70. The number of aryl methyl sites for hydroxylation is 1. The van der Waals surface area contributed by atoms with Crippen LogP contribution >= 0.6 is 0 Å². The topological polar surface area (TPSA) is 107 Å². The molecule has 7 nitrogen and oxygen atoms in total. The minimum Gasteiger partial charge on any atom is -0.329 e. The van der Waals surface area contributed by atoms with Crippen LogP contribution in [0.15, 0.2) is 23.1 Å². The molecule has 122 valence electrons. The number of rotatable bonds is 4. The summed E-state index contributed by atoms with van der Waals surface area (Å²) >= 11 is 0. The van der Waals surface area contributed by atoms with E-state index in [1.165, 1.54) is 16.4 Å². The molecule has 0 saturated carbocycles. The predicted molar refractivity (Wildman–Crippen MR) is 83.0 cm³/mol. The van der Waals surface area contributed by atoms with E-state index in [2.05, 4.69) is 0 Å². The molecule has 0 radical (unpaired) electrons. The van der Waals surface area contributed by atoms with Crippen molar-refractivity contribution in [3.63, 3.8) is 0 Å². The maximum atomic E-state index is 12.8. The van der Waals surface area contributed by atoms with Crippen molar-refractivity contribution in [2.24, 2.45) is 11.7 Å². The first kappa shape index (κ1) is 16.9. The van der Waals surface area contributed by atoms with Gasteiger partial charge in [0, 0.05) is 30.8 Å². The lowest BCUT2D eigenvalue weighted by molar-refractivity contribution is -0.385. The molecule has 1 aromatic rings. The van der Waals surface area contributed by atoms with Crippen LogP contribution in [0.5, 0.6) is 0 Å². The fraction of sp³-hybridized carbons (Fsp3) is 0.571. The number of nitro benzene ring substituents is 1. The summed E-state index contributed by atoms with van der Waals surface area (Å²) in [6.45, 7) is 4.21. The van der Waals surface area contributed by atoms with Gasteiger partial charge in [-0.05, 0) is 31.7 Å². The van der Waals surface area contributed by atoms with Gasteiger partial charge in [0.2, 0.25) is 10.0 Å². The fourth-order valence-electron chi connectivity index (χ4n) is 2.94. The Bertz CT molecular complexity index is 675. The van der Waals surface area contributed by atoms with Crippen LogP contribution in [0.2, 0.25) is 0 Å². The maximum absolute atomic E-state index is 12.8. The molecule has 1 aromatic carbocycles. The van der Waals surface area contributed by atoms with E-state index in [0.29, 0.717) is 12.1 Å². The second-order valence-electron chi connectivity index (χ2n) is 5.74. The van der Waals surface area contributed by atoms with Crippen LogP contribution in [0.3, 0.4) is 0 Å². The third kappa shape index (κ3) is 2.99. The van der Waals surface area contributed by atoms with Crippen LogP contribution in [0.1, 0.15) is 25.3 Å². The molecular formula is C14H21N3O4S. The lowest BCUT2D eigenvalue weighted by atomic mass is 9.93. The van der Waals surface area contributed by atoms with Gasteiger partial charge in [-0.1, -0.05) is 13.0 Å². The second kappa shape index (κ2) is 6.31. The first-order valence-electron chi connectivity index (χ1n) is 7.26. The molecule has 0 aliphatic carbocycles. The van der Waals surface area contributed by atoms with Crippen LogP contribution in [-0.4, -0.2) is 36.8 Å². The van der Waals surface area contributed by atoms with Gasteiger partial charge in [0.05, 0.1) is 9.82 Å². The lowest BCUT2D eigenvalue weighted by Crippen LogP contribution is -2.51. The monoisotopic (exact) mass is 327 g/mol. The quantitative estimate of drug-likeness (QED) is 0.668. The van der Waals surface area contributed by atoms with Crippen LogP contribution in [0, 0.1) is 23.0 Å². The average molecular weight is 327 g/mol. The van der Waals surface area contributed by atoms with Gasteiger partial charge in [-0.2, -0.15) is 4.31 Å². The number of piperidine rings is 1. The first-order valence-corrected chi connectivity index (χ1v) is 8.70. The summed E-state index contributed by atoms with van der Waals surface area (Å²) < 4.78 is 27.1. The molecule has 1 fully saturated rings. The van der Waals surface area contributed by atoms with Gasteiger partial charge in [-0.15, -0.1) is 0 Å². The number of nitro groups is 1. The molecule has 2 rings (SSSR count). The summed E-state index contributed by atoms with van der Waals surface area (Å²) in [5.74, 6) is 0.175. The van der Waals surface area contributed by atoms with Crippen molar-refractivity contribution < 1.29 is 13.3 Å². The lowest BCUT2D eigenvalue weighted by Gasteiger charge is -2.38. The zero-order chi connectivity index (χ0) is 16.5. The van der Waals surface area contributed by atoms with Gasteiger partial charge in [0.1, 0.15) is 0 Å². The Hall–Kier alpha value is -1.51. The Balaban J connectivity index is 2.46. The molecule has 1 saturated heterocycles. The maximum Gasteiger partial charge on any atom is 0.273 e. The van der Waals surface area contributed by atoms with E-state index in [1.54, 1.807) is 6.92 Å². The van der Waals surface area contributed by atoms with Crippen molar-refractivity contribution in [1.82, 2.24) is 4.31 Å². The van der Waals surface area contributed by atoms with E-state index in [-0.39, 0.29) is 29.1 Å². The Morgan fingerprint density at radius 2 is 2.14 bits per heavy atom. The van der Waals surface area contributed by atoms with Gasteiger partial charge in [-0.25, -0.2) is 8.42 Å². The van der Waals surface area contributed by atoms with E-state index >= 15 is 0 Å². The predicted octanol–water partition coefficient (Wildman–Crippen LogP) is 1.65. The summed E-state index contributed by atoms with van der Waals surface area (Å²) in [5, 5.41) is 11.0. The summed E-state index contributed by atoms with van der Waals surface area (Å²) in [4.78, 5) is 10.4. The Morgan fingerprint density at radius 1 is 1.45 bits per heavy atom. The molecule has 0 aromatic heterocycles.